The third-order valence-corrected chi connectivity index (χ3v) is 4.24. The maximum absolute atomic E-state index is 11.5. The Hall–Kier alpha value is -2.65. The lowest BCUT2D eigenvalue weighted by molar-refractivity contribution is -0.166. The molecule has 10 heteroatoms. The smallest absolute Gasteiger partial charge is 0.321 e. The van der Waals surface area contributed by atoms with Crippen LogP contribution >= 0.6 is 0 Å². The summed E-state index contributed by atoms with van der Waals surface area (Å²) in [5, 5.41) is 45.2. The molecule has 0 heterocycles. The summed E-state index contributed by atoms with van der Waals surface area (Å²) < 4.78 is 0. The second-order valence-corrected chi connectivity index (χ2v) is 5.90. The maximum atomic E-state index is 11.5. The summed E-state index contributed by atoms with van der Waals surface area (Å²) in [5.41, 5.74) is -2.23. The minimum absolute atomic E-state index is 0.139. The first-order valence-corrected chi connectivity index (χ1v) is 7.60. The predicted octanol–water partition coefficient (Wildman–Crippen LogP) is 0.989. The van der Waals surface area contributed by atoms with Gasteiger partial charge in [0.2, 0.25) is 0 Å². The molecule has 0 aromatic heterocycles. The van der Waals surface area contributed by atoms with Gasteiger partial charge in [-0.3, -0.25) is 24.0 Å². The molecule has 0 spiro atoms. The van der Waals surface area contributed by atoms with E-state index in [1.54, 1.807) is 0 Å². The van der Waals surface area contributed by atoms with Crippen LogP contribution in [0.4, 0.5) is 0 Å². The summed E-state index contributed by atoms with van der Waals surface area (Å²) in [5.74, 6) is -9.64. The number of carboxylic acid groups (broad SMARTS) is 5. The molecule has 0 aliphatic carbocycles. The third kappa shape index (κ3) is 6.40. The van der Waals surface area contributed by atoms with Crippen molar-refractivity contribution in [3.8, 4) is 0 Å². The van der Waals surface area contributed by atoms with E-state index >= 15 is 0 Å². The average Bonchev–Trinajstić information content (AvgIpc) is 2.47. The lowest BCUT2D eigenvalue weighted by Crippen LogP contribution is -2.40. The van der Waals surface area contributed by atoms with Gasteiger partial charge < -0.3 is 25.5 Å². The van der Waals surface area contributed by atoms with Crippen LogP contribution < -0.4 is 0 Å². The highest BCUT2D eigenvalue weighted by Gasteiger charge is 2.46. The number of carbonyl (C=O) groups is 5. The van der Waals surface area contributed by atoms with Crippen molar-refractivity contribution in [3.05, 3.63) is 0 Å². The van der Waals surface area contributed by atoms with Crippen molar-refractivity contribution in [2.75, 3.05) is 0 Å². The molecule has 0 radical (unpaired) electrons. The van der Waals surface area contributed by atoms with Crippen LogP contribution in [0.2, 0.25) is 0 Å². The van der Waals surface area contributed by atoms with Gasteiger partial charge in [0.05, 0.1) is 11.8 Å². The van der Waals surface area contributed by atoms with E-state index in [0.29, 0.717) is 0 Å². The number of aliphatic carboxylic acids is 5. The SMILES string of the molecule is CC(C(=O)O)C(CCCC(CCCC(=O)O)(C(=O)O)C(=O)O)C(=O)O. The van der Waals surface area contributed by atoms with Crippen molar-refractivity contribution in [3.63, 3.8) is 0 Å². The van der Waals surface area contributed by atoms with Crippen LogP contribution in [0.25, 0.3) is 0 Å². The molecule has 25 heavy (non-hydrogen) atoms. The van der Waals surface area contributed by atoms with Crippen molar-refractivity contribution < 1.29 is 49.5 Å². The van der Waals surface area contributed by atoms with Crippen LogP contribution in [0.15, 0.2) is 0 Å². The second-order valence-electron chi connectivity index (χ2n) is 5.90. The molecular weight excluding hydrogens is 340 g/mol. The third-order valence-electron chi connectivity index (χ3n) is 4.24. The van der Waals surface area contributed by atoms with Gasteiger partial charge in [-0.15, -0.1) is 0 Å². The standard InChI is InChI=1S/C15H22O10/c1-8(11(18)19)9(12(20)21)4-2-6-15(13(22)23,14(24)25)7-3-5-10(16)17/h8-9H,2-7H2,1H3,(H,16,17)(H,18,19)(H,20,21)(H,22,23)(H,24,25). The molecular formula is C15H22O10. The summed E-state index contributed by atoms with van der Waals surface area (Å²) in [6.07, 6.45) is -1.74. The summed E-state index contributed by atoms with van der Waals surface area (Å²) >= 11 is 0. The van der Waals surface area contributed by atoms with Crippen LogP contribution in [-0.4, -0.2) is 55.4 Å². The molecule has 0 amide bonds. The van der Waals surface area contributed by atoms with E-state index in [2.05, 4.69) is 0 Å². The quantitative estimate of drug-likeness (QED) is 0.296. The normalized spacial score (nSPS) is 13.6. The van der Waals surface area contributed by atoms with E-state index in [1.807, 2.05) is 0 Å². The largest absolute Gasteiger partial charge is 0.481 e. The molecule has 10 nitrogen and oxygen atoms in total. The molecule has 0 aromatic rings. The Morgan fingerprint density at radius 1 is 0.800 bits per heavy atom. The summed E-state index contributed by atoms with van der Waals surface area (Å²) in [6, 6.07) is 0. The van der Waals surface area contributed by atoms with E-state index < -0.39 is 66.4 Å². The number of hydrogen-bond donors (Lipinski definition) is 5. The number of rotatable bonds is 13. The van der Waals surface area contributed by atoms with Gasteiger partial charge in [-0.25, -0.2) is 0 Å². The van der Waals surface area contributed by atoms with Crippen molar-refractivity contribution in [2.24, 2.45) is 17.3 Å². The van der Waals surface area contributed by atoms with Gasteiger partial charge in [0.25, 0.3) is 0 Å². The fourth-order valence-corrected chi connectivity index (χ4v) is 2.57. The molecule has 5 N–H and O–H groups in total. The molecule has 2 atom stereocenters. The van der Waals surface area contributed by atoms with Gasteiger partial charge >= 0.3 is 29.8 Å². The van der Waals surface area contributed by atoms with Crippen LogP contribution in [0.3, 0.4) is 0 Å². The van der Waals surface area contributed by atoms with Crippen LogP contribution in [-0.2, 0) is 24.0 Å². The Labute approximate surface area is 143 Å². The first-order valence-electron chi connectivity index (χ1n) is 7.60. The van der Waals surface area contributed by atoms with Gasteiger partial charge in [0.1, 0.15) is 0 Å². The predicted molar refractivity (Wildman–Crippen MR) is 81.0 cm³/mol. The molecule has 0 rings (SSSR count). The van der Waals surface area contributed by atoms with Gasteiger partial charge in [-0.2, -0.15) is 0 Å². The highest BCUT2D eigenvalue weighted by Crippen LogP contribution is 2.33. The summed E-state index contributed by atoms with van der Waals surface area (Å²) in [4.78, 5) is 55.5. The van der Waals surface area contributed by atoms with Gasteiger partial charge in [0.15, 0.2) is 5.41 Å². The monoisotopic (exact) mass is 362 g/mol. The van der Waals surface area contributed by atoms with Crippen LogP contribution in [0.5, 0.6) is 0 Å². The lowest BCUT2D eigenvalue weighted by atomic mass is 9.76. The first kappa shape index (κ1) is 22.4. The minimum atomic E-state index is -2.23. The highest BCUT2D eigenvalue weighted by molar-refractivity contribution is 5.98. The second kappa shape index (κ2) is 9.60. The molecule has 2 unspecified atom stereocenters. The van der Waals surface area contributed by atoms with E-state index in [4.69, 9.17) is 15.3 Å². The zero-order valence-corrected chi connectivity index (χ0v) is 13.7. The molecule has 0 saturated carbocycles. The van der Waals surface area contributed by atoms with E-state index in [-0.39, 0.29) is 19.3 Å². The minimum Gasteiger partial charge on any atom is -0.481 e. The molecule has 0 fully saturated rings. The average molecular weight is 362 g/mol. The zero-order chi connectivity index (χ0) is 19.8. The van der Waals surface area contributed by atoms with Gasteiger partial charge in [0, 0.05) is 6.42 Å². The summed E-state index contributed by atoms with van der Waals surface area (Å²) in [7, 11) is 0. The lowest BCUT2D eigenvalue weighted by Gasteiger charge is -2.25. The van der Waals surface area contributed by atoms with Crippen molar-refractivity contribution >= 4 is 29.8 Å². The topological polar surface area (TPSA) is 186 Å². The Morgan fingerprint density at radius 2 is 1.28 bits per heavy atom. The van der Waals surface area contributed by atoms with Gasteiger partial charge in [-0.1, -0.05) is 13.3 Å². The molecule has 0 bridgehead atoms. The Balaban J connectivity index is 5.10. The Morgan fingerprint density at radius 3 is 1.64 bits per heavy atom. The number of carboxylic acids is 5. The number of hydrogen-bond acceptors (Lipinski definition) is 5. The van der Waals surface area contributed by atoms with Crippen molar-refractivity contribution in [1.29, 1.82) is 0 Å². The van der Waals surface area contributed by atoms with Crippen molar-refractivity contribution in [1.82, 2.24) is 0 Å². The summed E-state index contributed by atoms with van der Waals surface area (Å²) in [6.45, 7) is 1.20. The Kier molecular flexibility index (Phi) is 8.58. The fourth-order valence-electron chi connectivity index (χ4n) is 2.57. The molecule has 0 saturated heterocycles. The van der Waals surface area contributed by atoms with Crippen molar-refractivity contribution in [2.45, 2.75) is 45.4 Å². The van der Waals surface area contributed by atoms with E-state index in [1.165, 1.54) is 6.92 Å². The molecule has 0 aliphatic rings. The maximum Gasteiger partial charge on any atom is 0.321 e. The molecule has 0 aromatic carbocycles. The highest BCUT2D eigenvalue weighted by atomic mass is 16.4. The van der Waals surface area contributed by atoms with Crippen LogP contribution in [0.1, 0.15) is 45.4 Å². The fraction of sp³-hybridized carbons (Fsp3) is 0.667. The van der Waals surface area contributed by atoms with Gasteiger partial charge in [-0.05, 0) is 25.7 Å². The van der Waals surface area contributed by atoms with E-state index in [0.717, 1.165) is 0 Å². The first-order chi connectivity index (χ1) is 11.5. The molecule has 0 aliphatic heterocycles. The van der Waals surface area contributed by atoms with E-state index in [9.17, 15) is 34.2 Å². The molecule has 142 valence electrons. The van der Waals surface area contributed by atoms with Crippen LogP contribution in [0, 0.1) is 17.3 Å². The Bertz CT molecular complexity index is 524. The zero-order valence-electron chi connectivity index (χ0n) is 13.7.